The zero-order chi connectivity index (χ0) is 24.2. The molecular formula is C24H22IN3O5S. The molecule has 0 saturated heterocycles. The molecule has 176 valence electrons. The highest BCUT2D eigenvalue weighted by Gasteiger charge is 2.28. The number of nitrogens with zero attached hydrogens (tertiary/aromatic N) is 3. The molecule has 2 heterocycles. The summed E-state index contributed by atoms with van der Waals surface area (Å²) in [6.45, 7) is 4.37. The molecule has 0 unspecified atom stereocenters. The van der Waals surface area contributed by atoms with E-state index in [-0.39, 0.29) is 18.0 Å². The molecule has 1 aromatic heterocycles. The summed E-state index contributed by atoms with van der Waals surface area (Å²) in [6.07, 6.45) is 2.20. The number of carbonyl (C=O) groups is 1. The lowest BCUT2D eigenvalue weighted by molar-refractivity contribution is -0.386. The van der Waals surface area contributed by atoms with Gasteiger partial charge < -0.3 is 9.84 Å². The topological polar surface area (TPSA) is 105 Å². The number of rotatable bonds is 7. The summed E-state index contributed by atoms with van der Waals surface area (Å²) in [5.41, 5.74) is 2.74. The maximum absolute atomic E-state index is 12.8. The molecule has 2 aromatic carbocycles. The normalized spacial score (nSPS) is 13.7. The van der Waals surface area contributed by atoms with Crippen molar-refractivity contribution in [3.8, 4) is 5.75 Å². The number of benzene rings is 2. The third kappa shape index (κ3) is 5.29. The number of hydrogen-bond acceptors (Lipinski definition) is 8. The van der Waals surface area contributed by atoms with Crippen LogP contribution in [-0.2, 0) is 24.2 Å². The predicted octanol–water partition coefficient (Wildman–Crippen LogP) is 5.45. The first-order valence-corrected chi connectivity index (χ1v) is 12.6. The number of esters is 1. The SMILES string of the molecule is CCOC(=O)c1c(N=Cc2cc(I)c(O)c([N+](=O)[O-])c2)sc2c1CCN(Cc1ccccc1)C2. The molecule has 1 aliphatic heterocycles. The first-order chi connectivity index (χ1) is 16.4. The Morgan fingerprint density at radius 2 is 2.12 bits per heavy atom. The quantitative estimate of drug-likeness (QED) is 0.129. The highest BCUT2D eigenvalue weighted by atomic mass is 127. The predicted molar refractivity (Wildman–Crippen MR) is 139 cm³/mol. The second-order valence-corrected chi connectivity index (χ2v) is 9.98. The molecule has 8 nitrogen and oxygen atoms in total. The maximum atomic E-state index is 12.8. The number of aromatic hydroxyl groups is 1. The first-order valence-electron chi connectivity index (χ1n) is 10.7. The number of carbonyl (C=O) groups excluding carboxylic acids is 1. The molecule has 0 aliphatic carbocycles. The number of fused-ring (bicyclic) bond motifs is 1. The van der Waals surface area contributed by atoms with E-state index in [0.717, 1.165) is 23.5 Å². The molecule has 0 radical (unpaired) electrons. The zero-order valence-electron chi connectivity index (χ0n) is 18.4. The number of nitro groups is 1. The Labute approximate surface area is 214 Å². The molecule has 0 fully saturated rings. The molecule has 1 aliphatic rings. The molecule has 10 heteroatoms. The number of aliphatic imine (C=N–C) groups is 1. The number of halogens is 1. The second-order valence-electron chi connectivity index (χ2n) is 7.74. The van der Waals surface area contributed by atoms with Crippen LogP contribution in [0.15, 0.2) is 47.5 Å². The molecule has 0 amide bonds. The number of thiophene rings is 1. The van der Waals surface area contributed by atoms with E-state index in [1.807, 2.05) is 40.8 Å². The van der Waals surface area contributed by atoms with Gasteiger partial charge in [0.25, 0.3) is 0 Å². The van der Waals surface area contributed by atoms with Crippen LogP contribution in [0.4, 0.5) is 10.7 Å². The van der Waals surface area contributed by atoms with Crippen LogP contribution in [0.1, 0.15) is 38.8 Å². The lowest BCUT2D eigenvalue weighted by atomic mass is 10.0. The van der Waals surface area contributed by atoms with Gasteiger partial charge in [-0.3, -0.25) is 15.0 Å². The van der Waals surface area contributed by atoms with Crippen LogP contribution < -0.4 is 0 Å². The average molecular weight is 591 g/mol. The summed E-state index contributed by atoms with van der Waals surface area (Å²) in [5, 5.41) is 21.7. The summed E-state index contributed by atoms with van der Waals surface area (Å²) < 4.78 is 5.66. The molecule has 4 rings (SSSR count). The highest BCUT2D eigenvalue weighted by molar-refractivity contribution is 14.1. The molecule has 0 bridgehead atoms. The van der Waals surface area contributed by atoms with Crippen LogP contribution in [0, 0.1) is 13.7 Å². The van der Waals surface area contributed by atoms with Gasteiger partial charge in [-0.1, -0.05) is 30.3 Å². The van der Waals surface area contributed by atoms with Gasteiger partial charge in [-0.25, -0.2) is 9.79 Å². The van der Waals surface area contributed by atoms with Crippen LogP contribution in [0.3, 0.4) is 0 Å². The molecule has 0 atom stereocenters. The van der Waals surface area contributed by atoms with Crippen LogP contribution in [-0.4, -0.2) is 40.3 Å². The zero-order valence-corrected chi connectivity index (χ0v) is 21.3. The number of phenols is 1. The van der Waals surface area contributed by atoms with Gasteiger partial charge in [0.15, 0.2) is 0 Å². The Hall–Kier alpha value is -2.83. The summed E-state index contributed by atoms with van der Waals surface area (Å²) in [7, 11) is 0. The van der Waals surface area contributed by atoms with Crippen molar-refractivity contribution in [1.82, 2.24) is 4.90 Å². The van der Waals surface area contributed by atoms with Crippen molar-refractivity contribution in [3.63, 3.8) is 0 Å². The minimum Gasteiger partial charge on any atom is -0.501 e. The maximum Gasteiger partial charge on any atom is 0.341 e. The molecule has 3 aromatic rings. The smallest absolute Gasteiger partial charge is 0.341 e. The fourth-order valence-electron chi connectivity index (χ4n) is 3.88. The van der Waals surface area contributed by atoms with Gasteiger partial charge in [0, 0.05) is 42.4 Å². The average Bonchev–Trinajstić information content (AvgIpc) is 3.18. The van der Waals surface area contributed by atoms with E-state index in [1.54, 1.807) is 13.0 Å². The van der Waals surface area contributed by atoms with Crippen LogP contribution in [0.25, 0.3) is 0 Å². The van der Waals surface area contributed by atoms with E-state index in [9.17, 15) is 20.0 Å². The molecule has 34 heavy (non-hydrogen) atoms. The van der Waals surface area contributed by atoms with Crippen molar-refractivity contribution in [3.05, 3.63) is 83.3 Å². The minimum atomic E-state index is -0.635. The molecule has 0 saturated carbocycles. The number of phenolic OH excluding ortho intramolecular Hbond substituents is 1. The van der Waals surface area contributed by atoms with E-state index >= 15 is 0 Å². The van der Waals surface area contributed by atoms with Crippen molar-refractivity contribution in [2.24, 2.45) is 4.99 Å². The van der Waals surface area contributed by atoms with Crippen LogP contribution >= 0.6 is 33.9 Å². The van der Waals surface area contributed by atoms with Crippen molar-refractivity contribution in [2.45, 2.75) is 26.4 Å². The van der Waals surface area contributed by atoms with Gasteiger partial charge in [-0.2, -0.15) is 0 Å². The van der Waals surface area contributed by atoms with Gasteiger partial charge in [-0.05, 0) is 53.1 Å². The Kier molecular flexibility index (Phi) is 7.59. The number of nitro benzene ring substituents is 1. The Bertz CT molecular complexity index is 1260. The van der Waals surface area contributed by atoms with Gasteiger partial charge in [0.2, 0.25) is 5.75 Å². The third-order valence-electron chi connectivity index (χ3n) is 5.44. The van der Waals surface area contributed by atoms with E-state index in [2.05, 4.69) is 22.0 Å². The minimum absolute atomic E-state index is 0.259. The van der Waals surface area contributed by atoms with Gasteiger partial charge in [-0.15, -0.1) is 11.3 Å². The van der Waals surface area contributed by atoms with Crippen molar-refractivity contribution in [2.75, 3.05) is 13.2 Å². The molecular weight excluding hydrogens is 569 g/mol. The summed E-state index contributed by atoms with van der Waals surface area (Å²) in [5.74, 6) is -0.782. The van der Waals surface area contributed by atoms with Crippen molar-refractivity contribution in [1.29, 1.82) is 0 Å². The summed E-state index contributed by atoms with van der Waals surface area (Å²) in [4.78, 5) is 31.3. The molecule has 0 spiro atoms. The van der Waals surface area contributed by atoms with E-state index in [0.29, 0.717) is 32.7 Å². The Balaban J connectivity index is 1.65. The lowest BCUT2D eigenvalue weighted by Crippen LogP contribution is -2.29. The summed E-state index contributed by atoms with van der Waals surface area (Å²) in [6, 6.07) is 13.1. The number of hydrogen-bond donors (Lipinski definition) is 1. The first kappa shape index (κ1) is 24.3. The van der Waals surface area contributed by atoms with Crippen LogP contribution in [0.2, 0.25) is 0 Å². The van der Waals surface area contributed by atoms with Gasteiger partial charge in [0.05, 0.1) is 20.7 Å². The largest absolute Gasteiger partial charge is 0.501 e. The van der Waals surface area contributed by atoms with E-state index < -0.39 is 10.9 Å². The lowest BCUT2D eigenvalue weighted by Gasteiger charge is -2.27. The number of ether oxygens (including phenoxy) is 1. The fraction of sp³-hybridized carbons (Fsp3) is 0.250. The van der Waals surface area contributed by atoms with Crippen LogP contribution in [0.5, 0.6) is 5.75 Å². The second kappa shape index (κ2) is 10.6. The standard InChI is InChI=1S/C24H22IN3O5S/c1-2-33-24(30)21-17-8-9-27(13-15-6-4-3-5-7-15)14-20(17)34-23(21)26-12-16-10-18(25)22(29)19(11-16)28(31)32/h3-7,10-12,29H,2,8-9,13-14H2,1H3. The van der Waals surface area contributed by atoms with Crippen molar-refractivity contribution >= 4 is 56.8 Å². The molecule has 1 N–H and O–H groups in total. The monoisotopic (exact) mass is 591 g/mol. The Morgan fingerprint density at radius 1 is 1.35 bits per heavy atom. The Morgan fingerprint density at radius 3 is 2.82 bits per heavy atom. The van der Waals surface area contributed by atoms with Gasteiger partial charge >= 0.3 is 11.7 Å². The fourth-order valence-corrected chi connectivity index (χ4v) is 5.73. The van der Waals surface area contributed by atoms with Gasteiger partial charge in [0.1, 0.15) is 5.00 Å². The highest BCUT2D eigenvalue weighted by Crippen LogP contribution is 2.40. The van der Waals surface area contributed by atoms with E-state index in [4.69, 9.17) is 4.74 Å². The van der Waals surface area contributed by atoms with E-state index in [1.165, 1.54) is 29.2 Å². The third-order valence-corrected chi connectivity index (χ3v) is 7.39. The van der Waals surface area contributed by atoms with Crippen molar-refractivity contribution < 1.29 is 19.6 Å². The summed E-state index contributed by atoms with van der Waals surface area (Å²) >= 11 is 3.28.